The Morgan fingerprint density at radius 3 is 2.80 bits per heavy atom. The van der Waals surface area contributed by atoms with E-state index in [0.717, 1.165) is 11.4 Å². The van der Waals surface area contributed by atoms with Crippen molar-refractivity contribution in [3.05, 3.63) is 60.6 Å². The zero-order chi connectivity index (χ0) is 17.1. The molecule has 0 fully saturated rings. The molecule has 0 atom stereocenters. The van der Waals surface area contributed by atoms with Gasteiger partial charge in [-0.25, -0.2) is 9.97 Å². The number of nitrogens with zero attached hydrogens (tertiary/aromatic N) is 5. The van der Waals surface area contributed by atoms with Crippen LogP contribution in [0.4, 0.5) is 0 Å². The van der Waals surface area contributed by atoms with Gasteiger partial charge in [-0.05, 0) is 24.3 Å². The Labute approximate surface area is 143 Å². The summed E-state index contributed by atoms with van der Waals surface area (Å²) in [5.74, 6) is 3.31. The van der Waals surface area contributed by atoms with Crippen molar-refractivity contribution in [2.75, 3.05) is 0 Å². The molecule has 4 aromatic rings. The molecule has 0 radical (unpaired) electrons. The summed E-state index contributed by atoms with van der Waals surface area (Å²) in [4.78, 5) is 12.8. The van der Waals surface area contributed by atoms with E-state index >= 15 is 0 Å². The van der Waals surface area contributed by atoms with Gasteiger partial charge in [0, 0.05) is 43.3 Å². The smallest absolute Gasteiger partial charge is 0.181 e. The summed E-state index contributed by atoms with van der Waals surface area (Å²) in [6.45, 7) is 0.548. The number of furan rings is 1. The Hall–Kier alpha value is -3.26. The van der Waals surface area contributed by atoms with Crippen molar-refractivity contribution in [2.24, 2.45) is 0 Å². The van der Waals surface area contributed by atoms with Gasteiger partial charge >= 0.3 is 0 Å². The van der Waals surface area contributed by atoms with Gasteiger partial charge in [-0.2, -0.15) is 5.10 Å². The molecule has 0 unspecified atom stereocenters. The van der Waals surface area contributed by atoms with Crippen LogP contribution >= 0.6 is 0 Å². The number of aliphatic hydroxyl groups excluding tert-OH is 1. The highest BCUT2D eigenvalue weighted by molar-refractivity contribution is 5.53. The van der Waals surface area contributed by atoms with Crippen molar-refractivity contribution < 1.29 is 9.52 Å². The fraction of sp³-hybridized carbons (Fsp3) is 0.176. The Bertz CT molecular complexity index is 956. The number of aryl methyl sites for hydroxylation is 2. The Kier molecular flexibility index (Phi) is 4.09. The van der Waals surface area contributed by atoms with Gasteiger partial charge in [0.25, 0.3) is 0 Å². The number of aromatic nitrogens is 6. The maximum Gasteiger partial charge on any atom is 0.181 e. The van der Waals surface area contributed by atoms with E-state index in [4.69, 9.17) is 9.52 Å². The third-order valence-corrected chi connectivity index (χ3v) is 3.81. The molecular weight excluding hydrogens is 320 g/mol. The van der Waals surface area contributed by atoms with Crippen LogP contribution in [0.3, 0.4) is 0 Å². The minimum atomic E-state index is -0.128. The lowest BCUT2D eigenvalue weighted by Gasteiger charge is -2.04. The Balaban J connectivity index is 1.48. The largest absolute Gasteiger partial charge is 0.455 e. The maximum atomic E-state index is 9.12. The third-order valence-electron chi connectivity index (χ3n) is 3.81. The minimum absolute atomic E-state index is 0.128. The molecule has 126 valence electrons. The molecule has 0 bridgehead atoms. The van der Waals surface area contributed by atoms with Crippen molar-refractivity contribution in [2.45, 2.75) is 19.6 Å². The van der Waals surface area contributed by atoms with Crippen LogP contribution in [0, 0.1) is 0 Å². The van der Waals surface area contributed by atoms with Crippen molar-refractivity contribution >= 4 is 0 Å². The van der Waals surface area contributed by atoms with Gasteiger partial charge in [0.1, 0.15) is 18.2 Å². The molecule has 8 nitrogen and oxygen atoms in total. The molecule has 4 rings (SSSR count). The molecular formula is C17H16N6O2. The molecule has 0 aromatic carbocycles. The summed E-state index contributed by atoms with van der Waals surface area (Å²) in [5.41, 5.74) is 0.924. The van der Waals surface area contributed by atoms with Crippen LogP contribution in [0.1, 0.15) is 11.6 Å². The predicted molar refractivity (Wildman–Crippen MR) is 89.2 cm³/mol. The monoisotopic (exact) mass is 336 g/mol. The molecule has 4 heterocycles. The van der Waals surface area contributed by atoms with E-state index in [0.29, 0.717) is 36.1 Å². The molecule has 0 saturated heterocycles. The van der Waals surface area contributed by atoms with Crippen LogP contribution in [-0.4, -0.2) is 34.8 Å². The van der Waals surface area contributed by atoms with E-state index < -0.39 is 0 Å². The second kappa shape index (κ2) is 6.70. The van der Waals surface area contributed by atoms with Crippen molar-refractivity contribution in [1.29, 1.82) is 0 Å². The predicted octanol–water partition coefficient (Wildman–Crippen LogP) is 2.06. The summed E-state index contributed by atoms with van der Waals surface area (Å²) in [5, 5.41) is 16.3. The topological polar surface area (TPSA) is 106 Å². The first kappa shape index (κ1) is 15.3. The number of aromatic amines is 1. The number of H-pyrrole nitrogens is 1. The average Bonchev–Trinajstić information content (AvgIpc) is 3.39. The standard InChI is InChI=1S/C17H16N6O2/c24-11-13-1-2-14(25-13)17-19-8-10-23(17)9-5-15-20-16(22-21-15)12-3-6-18-7-4-12/h1-4,6-8,10,24H,5,9,11H2,(H,20,21,22). The number of hydrogen-bond acceptors (Lipinski definition) is 6. The number of rotatable bonds is 6. The minimum Gasteiger partial charge on any atom is -0.455 e. The van der Waals surface area contributed by atoms with Gasteiger partial charge in [-0.1, -0.05) is 0 Å². The molecule has 0 amide bonds. The van der Waals surface area contributed by atoms with Crippen LogP contribution in [0.15, 0.2) is 53.5 Å². The summed E-state index contributed by atoms with van der Waals surface area (Å²) < 4.78 is 7.54. The second-order valence-electron chi connectivity index (χ2n) is 5.46. The highest BCUT2D eigenvalue weighted by atomic mass is 16.4. The third kappa shape index (κ3) is 3.20. The first-order valence-electron chi connectivity index (χ1n) is 7.86. The van der Waals surface area contributed by atoms with Crippen molar-refractivity contribution in [3.63, 3.8) is 0 Å². The van der Waals surface area contributed by atoms with Crippen LogP contribution in [0.5, 0.6) is 0 Å². The lowest BCUT2D eigenvalue weighted by atomic mass is 10.2. The van der Waals surface area contributed by atoms with E-state index in [-0.39, 0.29) is 6.61 Å². The SMILES string of the molecule is OCc1ccc(-c2nccn2CCc2nc(-c3ccncc3)n[nH]2)o1. The van der Waals surface area contributed by atoms with Crippen LogP contribution in [-0.2, 0) is 19.6 Å². The van der Waals surface area contributed by atoms with Crippen LogP contribution in [0.2, 0.25) is 0 Å². The fourth-order valence-corrected chi connectivity index (χ4v) is 2.56. The van der Waals surface area contributed by atoms with E-state index in [1.165, 1.54) is 0 Å². The molecule has 0 aliphatic heterocycles. The van der Waals surface area contributed by atoms with E-state index in [1.807, 2.05) is 22.9 Å². The van der Waals surface area contributed by atoms with Gasteiger partial charge in [0.15, 0.2) is 17.4 Å². The average molecular weight is 336 g/mol. The van der Waals surface area contributed by atoms with E-state index in [1.54, 1.807) is 30.7 Å². The normalized spacial score (nSPS) is 11.1. The van der Waals surface area contributed by atoms with Gasteiger partial charge in [-0.3, -0.25) is 10.1 Å². The van der Waals surface area contributed by atoms with E-state index in [9.17, 15) is 0 Å². The van der Waals surface area contributed by atoms with Gasteiger partial charge < -0.3 is 14.1 Å². The van der Waals surface area contributed by atoms with E-state index in [2.05, 4.69) is 25.1 Å². The molecule has 4 aromatic heterocycles. The fourth-order valence-electron chi connectivity index (χ4n) is 2.56. The molecule has 0 aliphatic carbocycles. The maximum absolute atomic E-state index is 9.12. The summed E-state index contributed by atoms with van der Waals surface area (Å²) in [6.07, 6.45) is 7.71. The molecule has 0 aliphatic rings. The molecule has 8 heteroatoms. The first-order valence-corrected chi connectivity index (χ1v) is 7.86. The zero-order valence-electron chi connectivity index (χ0n) is 13.3. The molecule has 0 spiro atoms. The number of aliphatic hydroxyl groups is 1. The lowest BCUT2D eigenvalue weighted by Crippen LogP contribution is -2.03. The van der Waals surface area contributed by atoms with Gasteiger partial charge in [0.05, 0.1) is 0 Å². The zero-order valence-corrected chi connectivity index (χ0v) is 13.3. The second-order valence-corrected chi connectivity index (χ2v) is 5.46. The van der Waals surface area contributed by atoms with Crippen LogP contribution < -0.4 is 0 Å². The first-order chi connectivity index (χ1) is 12.3. The van der Waals surface area contributed by atoms with Crippen molar-refractivity contribution in [1.82, 2.24) is 29.7 Å². The molecule has 25 heavy (non-hydrogen) atoms. The quantitative estimate of drug-likeness (QED) is 0.558. The number of imidazole rings is 1. The Morgan fingerprint density at radius 1 is 1.12 bits per heavy atom. The summed E-state index contributed by atoms with van der Waals surface area (Å²) >= 11 is 0. The highest BCUT2D eigenvalue weighted by Crippen LogP contribution is 2.21. The summed E-state index contributed by atoms with van der Waals surface area (Å²) in [7, 11) is 0. The molecule has 0 saturated carbocycles. The Morgan fingerprint density at radius 2 is 2.00 bits per heavy atom. The lowest BCUT2D eigenvalue weighted by molar-refractivity contribution is 0.248. The van der Waals surface area contributed by atoms with Gasteiger partial charge in [0.2, 0.25) is 0 Å². The number of pyridine rings is 1. The van der Waals surface area contributed by atoms with Crippen LogP contribution in [0.25, 0.3) is 23.0 Å². The van der Waals surface area contributed by atoms with Crippen molar-refractivity contribution in [3.8, 4) is 23.0 Å². The number of hydrogen-bond donors (Lipinski definition) is 2. The van der Waals surface area contributed by atoms with Gasteiger partial charge in [-0.15, -0.1) is 0 Å². The number of nitrogens with one attached hydrogen (secondary N) is 1. The molecule has 2 N–H and O–H groups in total. The highest BCUT2D eigenvalue weighted by Gasteiger charge is 2.12. The summed E-state index contributed by atoms with van der Waals surface area (Å²) in [6, 6.07) is 7.29.